The van der Waals surface area contributed by atoms with E-state index in [2.05, 4.69) is 37.2 Å². The van der Waals surface area contributed by atoms with Gasteiger partial charge >= 0.3 is 0 Å². The lowest BCUT2D eigenvalue weighted by atomic mass is 10.1. The average molecular weight is 336 g/mol. The zero-order valence-electron chi connectivity index (χ0n) is 8.47. The Morgan fingerprint density at radius 2 is 2.00 bits per heavy atom. The molecule has 0 aliphatic carbocycles. The molecule has 1 aromatic rings. The Hall–Kier alpha value is -0.550. The van der Waals surface area contributed by atoms with E-state index < -0.39 is 0 Å². The van der Waals surface area contributed by atoms with E-state index in [1.807, 2.05) is 19.9 Å². The van der Waals surface area contributed by atoms with Crippen LogP contribution in [0, 0.1) is 0 Å². The van der Waals surface area contributed by atoms with Crippen LogP contribution in [0.4, 0.5) is 5.69 Å². The summed E-state index contributed by atoms with van der Waals surface area (Å²) in [5.41, 5.74) is 6.73. The molecule has 0 aliphatic heterocycles. The van der Waals surface area contributed by atoms with E-state index >= 15 is 0 Å². The molecule has 3 nitrogen and oxygen atoms in total. The third kappa shape index (κ3) is 3.21. The van der Waals surface area contributed by atoms with E-state index in [0.29, 0.717) is 15.7 Å². The fourth-order valence-electron chi connectivity index (χ4n) is 1.11. The predicted octanol–water partition coefficient (Wildman–Crippen LogP) is 2.93. The van der Waals surface area contributed by atoms with Crippen LogP contribution in [0.15, 0.2) is 21.1 Å². The van der Waals surface area contributed by atoms with Crippen LogP contribution in [0.1, 0.15) is 24.2 Å². The van der Waals surface area contributed by atoms with Crippen LogP contribution in [-0.4, -0.2) is 11.9 Å². The summed E-state index contributed by atoms with van der Waals surface area (Å²) in [4.78, 5) is 11.7. The highest BCUT2D eigenvalue weighted by molar-refractivity contribution is 9.11. The van der Waals surface area contributed by atoms with Gasteiger partial charge in [0.15, 0.2) is 0 Å². The van der Waals surface area contributed by atoms with Gasteiger partial charge in [-0.1, -0.05) is 15.9 Å². The molecule has 0 heterocycles. The average Bonchev–Trinajstić information content (AvgIpc) is 2.09. The zero-order valence-corrected chi connectivity index (χ0v) is 11.6. The number of carbonyl (C=O) groups is 1. The zero-order chi connectivity index (χ0) is 11.6. The maximum Gasteiger partial charge on any atom is 0.253 e. The SMILES string of the molecule is CC(C)NC(=O)c1cc(Br)cc(Br)c1N. The predicted molar refractivity (Wildman–Crippen MR) is 68.9 cm³/mol. The van der Waals surface area contributed by atoms with Crippen molar-refractivity contribution in [1.29, 1.82) is 0 Å². The summed E-state index contributed by atoms with van der Waals surface area (Å²) in [7, 11) is 0. The minimum Gasteiger partial charge on any atom is -0.397 e. The number of rotatable bonds is 2. The van der Waals surface area contributed by atoms with Crippen molar-refractivity contribution < 1.29 is 4.79 Å². The van der Waals surface area contributed by atoms with E-state index in [0.717, 1.165) is 4.47 Å². The van der Waals surface area contributed by atoms with Gasteiger partial charge in [0.25, 0.3) is 5.91 Å². The second-order valence-corrected chi connectivity index (χ2v) is 5.25. The molecular weight excluding hydrogens is 324 g/mol. The number of amides is 1. The third-order valence-electron chi connectivity index (χ3n) is 1.76. The first-order valence-corrected chi connectivity index (χ1v) is 6.05. The van der Waals surface area contributed by atoms with Crippen LogP contribution in [-0.2, 0) is 0 Å². The first-order chi connectivity index (χ1) is 6.91. The molecule has 0 aromatic heterocycles. The summed E-state index contributed by atoms with van der Waals surface area (Å²) >= 11 is 6.61. The summed E-state index contributed by atoms with van der Waals surface area (Å²) < 4.78 is 1.53. The minimum absolute atomic E-state index is 0.0923. The van der Waals surface area contributed by atoms with E-state index in [1.54, 1.807) is 6.07 Å². The largest absolute Gasteiger partial charge is 0.397 e. The van der Waals surface area contributed by atoms with Crippen molar-refractivity contribution in [3.05, 3.63) is 26.6 Å². The Morgan fingerprint density at radius 1 is 1.40 bits per heavy atom. The van der Waals surface area contributed by atoms with Crippen LogP contribution < -0.4 is 11.1 Å². The molecule has 0 fully saturated rings. The number of carbonyl (C=O) groups excluding carboxylic acids is 1. The second-order valence-electron chi connectivity index (χ2n) is 3.48. The standard InChI is InChI=1S/C10H12Br2N2O/c1-5(2)14-10(15)7-3-6(11)4-8(12)9(7)13/h3-5H,13H2,1-2H3,(H,14,15). The van der Waals surface area contributed by atoms with Crippen molar-refractivity contribution >= 4 is 43.5 Å². The number of nitrogens with one attached hydrogen (secondary N) is 1. The first kappa shape index (κ1) is 12.5. The molecule has 5 heteroatoms. The van der Waals surface area contributed by atoms with Crippen LogP contribution >= 0.6 is 31.9 Å². The quantitative estimate of drug-likeness (QED) is 0.816. The Labute approximate surface area is 106 Å². The van der Waals surface area contributed by atoms with E-state index in [1.165, 1.54) is 0 Å². The van der Waals surface area contributed by atoms with Gasteiger partial charge in [0.1, 0.15) is 0 Å². The molecule has 0 atom stereocenters. The Balaban J connectivity index is 3.08. The third-order valence-corrected chi connectivity index (χ3v) is 2.87. The topological polar surface area (TPSA) is 55.1 Å². The Bertz CT molecular complexity index is 391. The van der Waals surface area contributed by atoms with Gasteiger partial charge in [-0.2, -0.15) is 0 Å². The molecule has 82 valence electrons. The number of nitrogen functional groups attached to an aromatic ring is 1. The number of benzene rings is 1. The molecule has 0 saturated carbocycles. The van der Waals surface area contributed by atoms with Gasteiger partial charge in [-0.3, -0.25) is 4.79 Å². The van der Waals surface area contributed by atoms with Gasteiger partial charge < -0.3 is 11.1 Å². The summed E-state index contributed by atoms with van der Waals surface area (Å²) in [6.07, 6.45) is 0. The Morgan fingerprint density at radius 3 is 2.53 bits per heavy atom. The molecule has 1 rings (SSSR count). The van der Waals surface area contributed by atoms with Gasteiger partial charge in [0.05, 0.1) is 11.3 Å². The van der Waals surface area contributed by atoms with E-state index in [9.17, 15) is 4.79 Å². The van der Waals surface area contributed by atoms with Crippen molar-refractivity contribution in [3.8, 4) is 0 Å². The highest BCUT2D eigenvalue weighted by atomic mass is 79.9. The number of halogens is 2. The molecule has 0 radical (unpaired) electrons. The Kier molecular flexibility index (Phi) is 4.16. The smallest absolute Gasteiger partial charge is 0.253 e. The molecule has 0 spiro atoms. The van der Waals surface area contributed by atoms with Crippen molar-refractivity contribution in [2.45, 2.75) is 19.9 Å². The van der Waals surface area contributed by atoms with Gasteiger partial charge in [-0.15, -0.1) is 0 Å². The highest BCUT2D eigenvalue weighted by Crippen LogP contribution is 2.28. The first-order valence-electron chi connectivity index (χ1n) is 4.47. The van der Waals surface area contributed by atoms with Crippen LogP contribution in [0.2, 0.25) is 0 Å². The molecule has 0 unspecified atom stereocenters. The maximum absolute atomic E-state index is 11.7. The molecule has 3 N–H and O–H groups in total. The van der Waals surface area contributed by atoms with Crippen LogP contribution in [0.25, 0.3) is 0 Å². The molecule has 1 amide bonds. The number of hydrogen-bond donors (Lipinski definition) is 2. The normalized spacial score (nSPS) is 10.5. The summed E-state index contributed by atoms with van der Waals surface area (Å²) in [6, 6.07) is 3.61. The maximum atomic E-state index is 11.7. The van der Waals surface area contributed by atoms with Crippen LogP contribution in [0.3, 0.4) is 0 Å². The summed E-state index contributed by atoms with van der Waals surface area (Å²) in [6.45, 7) is 3.81. The monoisotopic (exact) mass is 334 g/mol. The molecule has 0 aliphatic rings. The van der Waals surface area contributed by atoms with Crippen molar-refractivity contribution in [2.75, 3.05) is 5.73 Å². The van der Waals surface area contributed by atoms with Crippen molar-refractivity contribution in [2.24, 2.45) is 0 Å². The summed E-state index contributed by atoms with van der Waals surface area (Å²) in [5.74, 6) is -0.162. The van der Waals surface area contributed by atoms with E-state index in [4.69, 9.17) is 5.73 Å². The van der Waals surface area contributed by atoms with Gasteiger partial charge in [-0.25, -0.2) is 0 Å². The number of anilines is 1. The van der Waals surface area contributed by atoms with Crippen LogP contribution in [0.5, 0.6) is 0 Å². The van der Waals surface area contributed by atoms with E-state index in [-0.39, 0.29) is 11.9 Å². The lowest BCUT2D eigenvalue weighted by molar-refractivity contribution is 0.0944. The van der Waals surface area contributed by atoms with Crippen molar-refractivity contribution in [1.82, 2.24) is 5.32 Å². The van der Waals surface area contributed by atoms with Crippen molar-refractivity contribution in [3.63, 3.8) is 0 Å². The van der Waals surface area contributed by atoms with Gasteiger partial charge in [0, 0.05) is 15.0 Å². The van der Waals surface area contributed by atoms with Gasteiger partial charge in [-0.05, 0) is 41.9 Å². The summed E-state index contributed by atoms with van der Waals surface area (Å²) in [5, 5.41) is 2.79. The lowest BCUT2D eigenvalue weighted by Gasteiger charge is -2.11. The molecule has 0 bridgehead atoms. The molecular formula is C10H12Br2N2O. The second kappa shape index (κ2) is 4.99. The number of hydrogen-bond acceptors (Lipinski definition) is 2. The fourth-order valence-corrected chi connectivity index (χ4v) is 2.34. The molecule has 15 heavy (non-hydrogen) atoms. The molecule has 1 aromatic carbocycles. The minimum atomic E-state index is -0.162. The lowest BCUT2D eigenvalue weighted by Crippen LogP contribution is -2.30. The highest BCUT2D eigenvalue weighted by Gasteiger charge is 2.13. The number of nitrogens with two attached hydrogens (primary N) is 1. The molecule has 0 saturated heterocycles. The van der Waals surface area contributed by atoms with Gasteiger partial charge in [0.2, 0.25) is 0 Å². The fraction of sp³-hybridized carbons (Fsp3) is 0.300.